The minimum Gasteiger partial charge on any atom is -0.497 e. The fraction of sp³-hybridized carbons (Fsp3) is 0.0952. The number of alkyl carbamates (subject to hydrolysis) is 1. The van der Waals surface area contributed by atoms with E-state index in [0.29, 0.717) is 5.75 Å². The molecule has 3 rings (SSSR count). The summed E-state index contributed by atoms with van der Waals surface area (Å²) in [6.07, 6.45) is -0.943. The van der Waals surface area contributed by atoms with E-state index in [-0.39, 0.29) is 26.7 Å². The summed E-state index contributed by atoms with van der Waals surface area (Å²) in [5.74, 6) is -0.916. The Morgan fingerprint density at radius 3 is 2.24 bits per heavy atom. The molecule has 0 atom stereocenters. The molecule has 172 valence electrons. The van der Waals surface area contributed by atoms with Crippen molar-refractivity contribution >= 4 is 50.0 Å². The van der Waals surface area contributed by atoms with Crippen LogP contribution in [0.3, 0.4) is 0 Å². The molecule has 0 aliphatic rings. The largest absolute Gasteiger partial charge is 0.497 e. The Morgan fingerprint density at radius 2 is 1.58 bits per heavy atom. The molecule has 3 aromatic rings. The van der Waals surface area contributed by atoms with Crippen LogP contribution in [0.1, 0.15) is 20.7 Å². The van der Waals surface area contributed by atoms with Crippen molar-refractivity contribution in [3.05, 3.63) is 71.1 Å². The van der Waals surface area contributed by atoms with E-state index in [9.17, 15) is 22.8 Å². The predicted molar refractivity (Wildman–Crippen MR) is 122 cm³/mol. The van der Waals surface area contributed by atoms with Gasteiger partial charge in [0.2, 0.25) is 0 Å². The first-order valence-corrected chi connectivity index (χ1v) is 11.7. The van der Waals surface area contributed by atoms with Crippen molar-refractivity contribution in [2.24, 2.45) is 0 Å². The summed E-state index contributed by atoms with van der Waals surface area (Å²) in [5.41, 5.74) is 0.125. The third-order valence-electron chi connectivity index (χ3n) is 4.32. The average molecular weight is 490 g/mol. The van der Waals surface area contributed by atoms with E-state index in [1.54, 1.807) is 17.5 Å². The number of hydrogen-bond acceptors (Lipinski definition) is 8. The zero-order valence-corrected chi connectivity index (χ0v) is 19.1. The van der Waals surface area contributed by atoms with E-state index in [1.165, 1.54) is 49.6 Å². The van der Waals surface area contributed by atoms with Gasteiger partial charge in [0, 0.05) is 0 Å². The number of carbonyl (C=O) groups excluding carboxylic acids is 3. The highest BCUT2D eigenvalue weighted by molar-refractivity contribution is 7.92. The van der Waals surface area contributed by atoms with Crippen LogP contribution >= 0.6 is 11.3 Å². The van der Waals surface area contributed by atoms with Crippen LogP contribution in [0.5, 0.6) is 5.75 Å². The number of amides is 3. The van der Waals surface area contributed by atoms with Crippen LogP contribution in [0.25, 0.3) is 0 Å². The summed E-state index contributed by atoms with van der Waals surface area (Å²) >= 11 is 1.06. The van der Waals surface area contributed by atoms with Gasteiger partial charge in [-0.25, -0.2) is 13.2 Å². The fourth-order valence-corrected chi connectivity index (χ4v) is 4.55. The van der Waals surface area contributed by atoms with Gasteiger partial charge in [-0.05, 0) is 47.8 Å². The van der Waals surface area contributed by atoms with Crippen molar-refractivity contribution in [2.75, 3.05) is 24.3 Å². The molecule has 0 bridgehead atoms. The van der Waals surface area contributed by atoms with E-state index in [4.69, 9.17) is 4.74 Å². The Labute approximate surface area is 193 Å². The number of imide groups is 1. The second kappa shape index (κ2) is 10.1. The van der Waals surface area contributed by atoms with Gasteiger partial charge in [-0.1, -0.05) is 12.1 Å². The topological polar surface area (TPSA) is 140 Å². The fourth-order valence-electron chi connectivity index (χ4n) is 2.70. The molecule has 10 nitrogen and oxygen atoms in total. The molecular weight excluding hydrogens is 470 g/mol. The van der Waals surface area contributed by atoms with Gasteiger partial charge in [0.1, 0.15) is 10.8 Å². The van der Waals surface area contributed by atoms with Crippen molar-refractivity contribution in [2.45, 2.75) is 4.90 Å². The first kappa shape index (κ1) is 23.8. The molecule has 0 saturated heterocycles. The molecule has 0 radical (unpaired) electrons. The lowest BCUT2D eigenvalue weighted by Crippen LogP contribution is -2.30. The van der Waals surface area contributed by atoms with Crippen LogP contribution in [0.4, 0.5) is 15.5 Å². The predicted octanol–water partition coefficient (Wildman–Crippen LogP) is 3.31. The number of ether oxygens (including phenoxy) is 2. The zero-order chi connectivity index (χ0) is 24.0. The first-order valence-electron chi connectivity index (χ1n) is 9.29. The number of carbonyl (C=O) groups is 3. The summed E-state index contributed by atoms with van der Waals surface area (Å²) in [5, 5.41) is 6.31. The standard InChI is InChI=1S/C21H19N3O7S2/c1-30-13-7-9-14(10-8-13)33(28,29)24-17-6-4-3-5-15(17)18(25)22-20-16(11-12-32-20)19(26)23-21(27)31-2/h3-12,24H,1-2H3,(H,22,25)(H,23,26,27). The maximum atomic E-state index is 12.9. The summed E-state index contributed by atoms with van der Waals surface area (Å²) in [6.45, 7) is 0. The van der Waals surface area contributed by atoms with Crippen LogP contribution in [0.15, 0.2) is 64.9 Å². The van der Waals surface area contributed by atoms with Crippen LogP contribution in [-0.4, -0.2) is 40.5 Å². The van der Waals surface area contributed by atoms with Crippen LogP contribution in [-0.2, 0) is 14.8 Å². The Bertz CT molecular complexity index is 1290. The maximum Gasteiger partial charge on any atom is 0.413 e. The summed E-state index contributed by atoms with van der Waals surface area (Å²) in [6, 6.07) is 13.2. The molecule has 0 saturated carbocycles. The molecule has 3 N–H and O–H groups in total. The van der Waals surface area contributed by atoms with Crippen molar-refractivity contribution in [3.8, 4) is 5.75 Å². The lowest BCUT2D eigenvalue weighted by molar-refractivity contribution is 0.0938. The second-order valence-corrected chi connectivity index (χ2v) is 8.99. The molecule has 12 heteroatoms. The SMILES string of the molecule is COC(=O)NC(=O)c1ccsc1NC(=O)c1ccccc1NS(=O)(=O)c1ccc(OC)cc1. The van der Waals surface area contributed by atoms with E-state index in [1.807, 2.05) is 5.32 Å². The molecule has 1 heterocycles. The highest BCUT2D eigenvalue weighted by Gasteiger charge is 2.21. The highest BCUT2D eigenvalue weighted by Crippen LogP contribution is 2.26. The van der Waals surface area contributed by atoms with Gasteiger partial charge in [-0.3, -0.25) is 19.6 Å². The van der Waals surface area contributed by atoms with Crippen molar-refractivity contribution < 1.29 is 32.3 Å². The van der Waals surface area contributed by atoms with E-state index in [0.717, 1.165) is 18.4 Å². The molecule has 2 aromatic carbocycles. The molecule has 3 amide bonds. The molecule has 33 heavy (non-hydrogen) atoms. The number of sulfonamides is 1. The number of methoxy groups -OCH3 is 2. The van der Waals surface area contributed by atoms with Gasteiger partial charge in [0.25, 0.3) is 21.8 Å². The molecule has 0 aliphatic carbocycles. The van der Waals surface area contributed by atoms with Crippen molar-refractivity contribution in [1.82, 2.24) is 5.32 Å². The monoisotopic (exact) mass is 489 g/mol. The quantitative estimate of drug-likeness (QED) is 0.462. The van der Waals surface area contributed by atoms with Gasteiger partial charge in [-0.15, -0.1) is 11.3 Å². The highest BCUT2D eigenvalue weighted by atomic mass is 32.2. The summed E-state index contributed by atoms with van der Waals surface area (Å²) < 4.78 is 37.4. The average Bonchev–Trinajstić information content (AvgIpc) is 3.27. The molecule has 1 aromatic heterocycles. The number of benzene rings is 2. The number of nitrogens with one attached hydrogen (secondary N) is 3. The molecular formula is C21H19N3O7S2. The second-order valence-electron chi connectivity index (χ2n) is 6.39. The van der Waals surface area contributed by atoms with Crippen LogP contribution in [0, 0.1) is 0 Å². The number of thiophene rings is 1. The summed E-state index contributed by atoms with van der Waals surface area (Å²) in [7, 11) is -1.41. The van der Waals surface area contributed by atoms with Gasteiger partial charge in [0.15, 0.2) is 0 Å². The molecule has 0 fully saturated rings. The zero-order valence-electron chi connectivity index (χ0n) is 17.4. The van der Waals surface area contributed by atoms with Gasteiger partial charge >= 0.3 is 6.09 Å². The van der Waals surface area contributed by atoms with E-state index < -0.39 is 27.9 Å². The number of para-hydroxylation sites is 1. The lowest BCUT2D eigenvalue weighted by Gasteiger charge is -2.13. The first-order chi connectivity index (χ1) is 15.7. The third-order valence-corrected chi connectivity index (χ3v) is 6.53. The van der Waals surface area contributed by atoms with Gasteiger partial charge in [0.05, 0.1) is 35.9 Å². The number of rotatable bonds is 7. The van der Waals surface area contributed by atoms with E-state index in [2.05, 4.69) is 14.8 Å². The molecule has 0 unspecified atom stereocenters. The van der Waals surface area contributed by atoms with Gasteiger partial charge < -0.3 is 14.8 Å². The minimum absolute atomic E-state index is 0.0152. The Kier molecular flexibility index (Phi) is 7.30. The Balaban J connectivity index is 1.82. The molecule has 0 aliphatic heterocycles. The normalized spacial score (nSPS) is 10.7. The number of anilines is 2. The molecule has 0 spiro atoms. The van der Waals surface area contributed by atoms with Crippen molar-refractivity contribution in [3.63, 3.8) is 0 Å². The van der Waals surface area contributed by atoms with Crippen LogP contribution in [0.2, 0.25) is 0 Å². The number of hydrogen-bond donors (Lipinski definition) is 3. The maximum absolute atomic E-state index is 12.9. The Morgan fingerprint density at radius 1 is 0.879 bits per heavy atom. The Hall–Kier alpha value is -3.90. The van der Waals surface area contributed by atoms with Crippen molar-refractivity contribution in [1.29, 1.82) is 0 Å². The van der Waals surface area contributed by atoms with Crippen LogP contribution < -0.4 is 20.1 Å². The minimum atomic E-state index is -3.99. The lowest BCUT2D eigenvalue weighted by atomic mass is 10.1. The van der Waals surface area contributed by atoms with Gasteiger partial charge in [-0.2, -0.15) is 0 Å². The third kappa shape index (κ3) is 5.67. The smallest absolute Gasteiger partial charge is 0.413 e. The summed E-state index contributed by atoms with van der Waals surface area (Å²) in [4.78, 5) is 36.4. The van der Waals surface area contributed by atoms with E-state index >= 15 is 0 Å².